The lowest BCUT2D eigenvalue weighted by atomic mass is 10.00. The van der Waals surface area contributed by atoms with Crippen LogP contribution in [0.3, 0.4) is 0 Å². The topological polar surface area (TPSA) is 87.7 Å². The Hall–Kier alpha value is -2.77. The number of benzene rings is 1. The maximum atomic E-state index is 11.7. The Bertz CT molecular complexity index is 1080. The second-order valence-corrected chi connectivity index (χ2v) is 8.13. The molecule has 2 aromatic heterocycles. The normalized spacial score (nSPS) is 18.8. The molecular weight excluding hydrogens is 394 g/mol. The Balaban J connectivity index is 1.75. The smallest absolute Gasteiger partial charge is 0.407 e. The minimum Gasteiger partial charge on any atom is -0.496 e. The Labute approximate surface area is 173 Å². The van der Waals surface area contributed by atoms with Gasteiger partial charge >= 0.3 is 6.09 Å². The van der Waals surface area contributed by atoms with Gasteiger partial charge in [0.15, 0.2) is 0 Å². The highest BCUT2D eigenvalue weighted by atomic mass is 35.5. The minimum absolute atomic E-state index is 0.245. The molecule has 1 saturated heterocycles. The van der Waals surface area contributed by atoms with E-state index in [9.17, 15) is 9.90 Å². The first-order valence-corrected chi connectivity index (χ1v) is 9.61. The summed E-state index contributed by atoms with van der Waals surface area (Å²) in [6, 6.07) is 9.38. The minimum atomic E-state index is -0.955. The quantitative estimate of drug-likeness (QED) is 0.646. The first kappa shape index (κ1) is 19.5. The van der Waals surface area contributed by atoms with Crippen LogP contribution in [0.5, 0.6) is 5.75 Å². The van der Waals surface area contributed by atoms with Crippen molar-refractivity contribution in [3.8, 4) is 16.9 Å². The second-order valence-electron chi connectivity index (χ2n) is 7.70. The van der Waals surface area contributed by atoms with Gasteiger partial charge in [-0.3, -0.25) is 4.90 Å². The van der Waals surface area contributed by atoms with Crippen LogP contribution in [0, 0.1) is 0 Å². The second kappa shape index (κ2) is 7.24. The van der Waals surface area contributed by atoms with Crippen molar-refractivity contribution in [1.29, 1.82) is 0 Å². The highest BCUT2D eigenvalue weighted by Crippen LogP contribution is 2.38. The number of pyridine rings is 1. The maximum Gasteiger partial charge on any atom is 0.407 e. The summed E-state index contributed by atoms with van der Waals surface area (Å²) in [7, 11) is 1.61. The molecule has 1 atom stereocenters. The van der Waals surface area contributed by atoms with Crippen LogP contribution >= 0.6 is 11.6 Å². The Kier molecular flexibility index (Phi) is 4.88. The van der Waals surface area contributed by atoms with Gasteiger partial charge in [0.1, 0.15) is 17.5 Å². The molecule has 2 N–H and O–H groups in total. The van der Waals surface area contributed by atoms with Crippen molar-refractivity contribution in [3.05, 3.63) is 47.2 Å². The Morgan fingerprint density at radius 3 is 2.86 bits per heavy atom. The third kappa shape index (κ3) is 3.52. The summed E-state index contributed by atoms with van der Waals surface area (Å²) in [6.45, 7) is 4.27. The van der Waals surface area contributed by atoms with E-state index < -0.39 is 17.7 Å². The Morgan fingerprint density at radius 2 is 2.14 bits per heavy atom. The van der Waals surface area contributed by atoms with E-state index in [-0.39, 0.29) is 6.54 Å². The molecule has 1 fully saturated rings. The lowest BCUT2D eigenvalue weighted by Crippen LogP contribution is -2.55. The first-order valence-electron chi connectivity index (χ1n) is 9.24. The molecule has 0 bridgehead atoms. The summed E-state index contributed by atoms with van der Waals surface area (Å²) < 4.78 is 11.5. The van der Waals surface area contributed by atoms with E-state index in [1.807, 2.05) is 38.1 Å². The molecule has 0 saturated carbocycles. The molecular formula is C21H22ClN3O4. The van der Waals surface area contributed by atoms with Gasteiger partial charge in [-0.25, -0.2) is 9.78 Å². The summed E-state index contributed by atoms with van der Waals surface area (Å²) >= 11 is 6.10. The average molecular weight is 416 g/mol. The summed E-state index contributed by atoms with van der Waals surface area (Å²) in [5.74, 6) is 0.667. The number of fused-ring (bicyclic) bond motifs is 1. The van der Waals surface area contributed by atoms with Crippen LogP contribution in [0.2, 0.25) is 5.02 Å². The molecule has 152 valence electrons. The number of H-pyrrole nitrogens is 1. The van der Waals surface area contributed by atoms with Crippen LogP contribution in [0.25, 0.3) is 22.2 Å². The van der Waals surface area contributed by atoms with Gasteiger partial charge in [0.05, 0.1) is 25.8 Å². The standard InChI is InChI=1S/C21H22ClN3O4/c1-21(2)11-29-18(10-25(21)20(26)27)16-9-15-13(6-7-23-19(15)24-16)14-5-4-12(22)8-17(14)28-3/h4-9,18H,10-11H2,1-3H3,(H,23,24)(H,26,27). The first-order chi connectivity index (χ1) is 13.8. The van der Waals surface area contributed by atoms with E-state index >= 15 is 0 Å². The van der Waals surface area contributed by atoms with Crippen LogP contribution in [-0.4, -0.2) is 51.9 Å². The zero-order valence-electron chi connectivity index (χ0n) is 16.4. The van der Waals surface area contributed by atoms with Crippen LogP contribution in [0.15, 0.2) is 36.5 Å². The fourth-order valence-electron chi connectivity index (χ4n) is 3.72. The van der Waals surface area contributed by atoms with E-state index in [1.165, 1.54) is 4.90 Å². The summed E-state index contributed by atoms with van der Waals surface area (Å²) in [5.41, 5.74) is 2.75. The van der Waals surface area contributed by atoms with Crippen LogP contribution in [0.1, 0.15) is 25.6 Å². The molecule has 0 spiro atoms. The van der Waals surface area contributed by atoms with Gasteiger partial charge in [0.2, 0.25) is 0 Å². The molecule has 3 heterocycles. The number of nitrogens with one attached hydrogen (secondary N) is 1. The van der Waals surface area contributed by atoms with Crippen molar-refractivity contribution < 1.29 is 19.4 Å². The van der Waals surface area contributed by atoms with Gasteiger partial charge in [-0.1, -0.05) is 11.6 Å². The van der Waals surface area contributed by atoms with Crippen molar-refractivity contribution in [2.75, 3.05) is 20.3 Å². The molecule has 7 nitrogen and oxygen atoms in total. The van der Waals surface area contributed by atoms with Crippen molar-refractivity contribution in [3.63, 3.8) is 0 Å². The molecule has 1 amide bonds. The number of aromatic nitrogens is 2. The number of morpholine rings is 1. The fraction of sp³-hybridized carbons (Fsp3) is 0.333. The third-order valence-electron chi connectivity index (χ3n) is 5.30. The number of carboxylic acid groups (broad SMARTS) is 1. The molecule has 0 aliphatic carbocycles. The number of hydrogen-bond donors (Lipinski definition) is 2. The molecule has 29 heavy (non-hydrogen) atoms. The van der Waals surface area contributed by atoms with E-state index in [0.717, 1.165) is 22.2 Å². The van der Waals surface area contributed by atoms with Crippen LogP contribution in [-0.2, 0) is 4.74 Å². The number of methoxy groups -OCH3 is 1. The molecule has 1 aliphatic rings. The van der Waals surface area contributed by atoms with E-state index in [4.69, 9.17) is 21.1 Å². The lowest BCUT2D eigenvalue weighted by molar-refractivity contribution is -0.0889. The lowest BCUT2D eigenvalue weighted by Gasteiger charge is -2.43. The molecule has 3 aromatic rings. The highest BCUT2D eigenvalue weighted by Gasteiger charge is 2.39. The van der Waals surface area contributed by atoms with Gasteiger partial charge in [-0.05, 0) is 49.7 Å². The van der Waals surface area contributed by atoms with Gasteiger partial charge in [-0.2, -0.15) is 0 Å². The SMILES string of the molecule is COc1cc(Cl)ccc1-c1ccnc2[nH]c(C3CN(C(=O)O)C(C)(C)CO3)cc12. The van der Waals surface area contributed by atoms with Crippen molar-refractivity contribution >= 4 is 28.7 Å². The maximum absolute atomic E-state index is 11.7. The predicted molar refractivity (Wildman–Crippen MR) is 111 cm³/mol. The molecule has 1 unspecified atom stereocenters. The van der Waals surface area contributed by atoms with Crippen LogP contribution in [0.4, 0.5) is 4.79 Å². The number of carbonyl (C=O) groups is 1. The molecule has 1 aliphatic heterocycles. The van der Waals surface area contributed by atoms with Gasteiger partial charge in [0.25, 0.3) is 0 Å². The fourth-order valence-corrected chi connectivity index (χ4v) is 3.88. The number of nitrogens with zero attached hydrogens (tertiary/aromatic N) is 2. The molecule has 8 heteroatoms. The van der Waals surface area contributed by atoms with Crippen molar-refractivity contribution in [2.24, 2.45) is 0 Å². The van der Waals surface area contributed by atoms with Gasteiger partial charge < -0.3 is 19.6 Å². The number of rotatable bonds is 3. The van der Waals surface area contributed by atoms with Crippen molar-refractivity contribution in [1.82, 2.24) is 14.9 Å². The largest absolute Gasteiger partial charge is 0.496 e. The van der Waals surface area contributed by atoms with E-state index in [0.29, 0.717) is 23.0 Å². The number of ether oxygens (including phenoxy) is 2. The zero-order valence-corrected chi connectivity index (χ0v) is 17.2. The summed E-state index contributed by atoms with van der Waals surface area (Å²) in [4.78, 5) is 20.8. The van der Waals surface area contributed by atoms with Gasteiger partial charge in [0, 0.05) is 27.9 Å². The van der Waals surface area contributed by atoms with E-state index in [1.54, 1.807) is 19.4 Å². The zero-order chi connectivity index (χ0) is 20.8. The number of hydrogen-bond acceptors (Lipinski definition) is 4. The van der Waals surface area contributed by atoms with E-state index in [2.05, 4.69) is 9.97 Å². The third-order valence-corrected chi connectivity index (χ3v) is 5.54. The number of halogens is 1. The van der Waals surface area contributed by atoms with Crippen LogP contribution < -0.4 is 4.74 Å². The monoisotopic (exact) mass is 415 g/mol. The van der Waals surface area contributed by atoms with Crippen molar-refractivity contribution in [2.45, 2.75) is 25.5 Å². The summed E-state index contributed by atoms with van der Waals surface area (Å²) in [6.07, 6.45) is 0.373. The Morgan fingerprint density at radius 1 is 1.34 bits per heavy atom. The predicted octanol–water partition coefficient (Wildman–Crippen LogP) is 4.72. The number of amides is 1. The molecule has 1 aromatic carbocycles. The summed E-state index contributed by atoms with van der Waals surface area (Å²) in [5, 5.41) is 11.1. The highest BCUT2D eigenvalue weighted by molar-refractivity contribution is 6.30. The molecule has 4 rings (SSSR count). The van der Waals surface area contributed by atoms with Gasteiger partial charge in [-0.15, -0.1) is 0 Å². The number of aromatic amines is 1. The average Bonchev–Trinajstić information content (AvgIpc) is 3.11. The molecule has 0 radical (unpaired) electrons.